The number of ether oxygens (including phenoxy) is 1. The summed E-state index contributed by atoms with van der Waals surface area (Å²) in [4.78, 5) is 15.9. The number of carbonyl (C=O) groups excluding carboxylic acids is 1. The Bertz CT molecular complexity index is 346. The van der Waals surface area contributed by atoms with Gasteiger partial charge in [-0.2, -0.15) is 0 Å². The smallest absolute Gasteiger partial charge is 0.407 e. The van der Waals surface area contributed by atoms with E-state index in [2.05, 4.69) is 10.3 Å². The lowest BCUT2D eigenvalue weighted by molar-refractivity contribution is 0.132. The van der Waals surface area contributed by atoms with Crippen LogP contribution in [0.15, 0.2) is 6.20 Å². The van der Waals surface area contributed by atoms with Crippen LogP contribution in [-0.2, 0) is 11.3 Å². The molecule has 0 saturated heterocycles. The van der Waals surface area contributed by atoms with Gasteiger partial charge in [-0.05, 0) is 20.8 Å². The highest BCUT2D eigenvalue weighted by Crippen LogP contribution is 2.18. The highest BCUT2D eigenvalue weighted by Gasteiger charge is 2.14. The van der Waals surface area contributed by atoms with Crippen molar-refractivity contribution in [3.63, 3.8) is 0 Å². The van der Waals surface area contributed by atoms with Gasteiger partial charge in [0.15, 0.2) is 4.47 Å². The third-order valence-corrected chi connectivity index (χ3v) is 2.44. The normalized spacial score (nSPS) is 11.2. The van der Waals surface area contributed by atoms with Gasteiger partial charge >= 0.3 is 6.09 Å². The van der Waals surface area contributed by atoms with Crippen LogP contribution in [0.4, 0.5) is 4.79 Å². The van der Waals surface area contributed by atoms with Crippen molar-refractivity contribution in [3.8, 4) is 0 Å². The van der Waals surface area contributed by atoms with E-state index >= 15 is 0 Å². The molecule has 0 atom stereocenters. The molecule has 0 aliphatic heterocycles. The highest BCUT2D eigenvalue weighted by molar-refractivity contribution is 7.15. The van der Waals surface area contributed by atoms with Crippen LogP contribution in [-0.4, -0.2) is 16.6 Å². The SMILES string of the molecule is CC(C)(C)NC(=O)OCc1cnc(Cl)s1. The molecule has 0 aliphatic carbocycles. The topological polar surface area (TPSA) is 51.2 Å². The number of amides is 1. The Morgan fingerprint density at radius 2 is 2.33 bits per heavy atom. The van der Waals surface area contributed by atoms with Crippen LogP contribution in [0.25, 0.3) is 0 Å². The third-order valence-electron chi connectivity index (χ3n) is 1.35. The fraction of sp³-hybridized carbons (Fsp3) is 0.556. The quantitative estimate of drug-likeness (QED) is 0.876. The van der Waals surface area contributed by atoms with Gasteiger partial charge in [0, 0.05) is 11.7 Å². The summed E-state index contributed by atoms with van der Waals surface area (Å²) < 4.78 is 5.43. The number of nitrogens with zero attached hydrogens (tertiary/aromatic N) is 1. The van der Waals surface area contributed by atoms with Crippen molar-refractivity contribution in [2.75, 3.05) is 0 Å². The monoisotopic (exact) mass is 248 g/mol. The van der Waals surface area contributed by atoms with Crippen LogP contribution < -0.4 is 5.32 Å². The summed E-state index contributed by atoms with van der Waals surface area (Å²) in [7, 11) is 0. The largest absolute Gasteiger partial charge is 0.444 e. The molecular formula is C9H13ClN2O2S. The van der Waals surface area contributed by atoms with Crippen molar-refractivity contribution in [2.24, 2.45) is 0 Å². The fourth-order valence-corrected chi connectivity index (χ4v) is 1.72. The second-order valence-electron chi connectivity index (χ2n) is 4.03. The summed E-state index contributed by atoms with van der Waals surface area (Å²) in [5.74, 6) is 0. The Balaban J connectivity index is 2.35. The van der Waals surface area contributed by atoms with Crippen LogP contribution in [0.3, 0.4) is 0 Å². The number of rotatable bonds is 2. The molecule has 0 unspecified atom stereocenters. The van der Waals surface area contributed by atoms with Gasteiger partial charge in [0.05, 0.1) is 4.88 Å². The number of thiazole rings is 1. The zero-order chi connectivity index (χ0) is 11.5. The van der Waals surface area contributed by atoms with Crippen molar-refractivity contribution in [2.45, 2.75) is 32.9 Å². The minimum atomic E-state index is -0.438. The van der Waals surface area contributed by atoms with Crippen molar-refractivity contribution >= 4 is 29.0 Å². The lowest BCUT2D eigenvalue weighted by atomic mass is 10.1. The molecule has 0 saturated carbocycles. The molecule has 1 rings (SSSR count). The van der Waals surface area contributed by atoms with Crippen LogP contribution in [0, 0.1) is 0 Å². The van der Waals surface area contributed by atoms with Gasteiger partial charge in [-0.25, -0.2) is 9.78 Å². The van der Waals surface area contributed by atoms with Gasteiger partial charge < -0.3 is 10.1 Å². The van der Waals surface area contributed by atoms with E-state index in [-0.39, 0.29) is 12.1 Å². The molecule has 1 aromatic rings. The standard InChI is InChI=1S/C9H13ClN2O2S/c1-9(2,3)12-8(13)14-5-6-4-11-7(10)15-6/h4H,5H2,1-3H3,(H,12,13). The van der Waals surface area contributed by atoms with Crippen LogP contribution in [0.2, 0.25) is 4.47 Å². The second-order valence-corrected chi connectivity index (χ2v) is 5.73. The first-order valence-corrected chi connectivity index (χ1v) is 5.61. The first kappa shape index (κ1) is 12.3. The minimum absolute atomic E-state index is 0.201. The molecule has 84 valence electrons. The first-order valence-electron chi connectivity index (χ1n) is 4.42. The van der Waals surface area contributed by atoms with E-state index in [1.165, 1.54) is 11.3 Å². The molecule has 1 N–H and O–H groups in total. The average Bonchev–Trinajstić information content (AvgIpc) is 2.45. The van der Waals surface area contributed by atoms with Crippen molar-refractivity contribution in [1.82, 2.24) is 10.3 Å². The number of nitrogens with one attached hydrogen (secondary N) is 1. The zero-order valence-corrected chi connectivity index (χ0v) is 10.4. The fourth-order valence-electron chi connectivity index (χ4n) is 0.829. The van der Waals surface area contributed by atoms with E-state index in [1.807, 2.05) is 20.8 Å². The van der Waals surface area contributed by atoms with Gasteiger partial charge in [-0.1, -0.05) is 11.6 Å². The lowest BCUT2D eigenvalue weighted by Crippen LogP contribution is -2.40. The molecule has 4 nitrogen and oxygen atoms in total. The molecule has 0 bridgehead atoms. The molecule has 1 heterocycles. The molecular weight excluding hydrogens is 236 g/mol. The van der Waals surface area contributed by atoms with E-state index in [9.17, 15) is 4.79 Å². The Hall–Kier alpha value is -0.810. The van der Waals surface area contributed by atoms with E-state index in [1.54, 1.807) is 6.20 Å². The molecule has 1 amide bonds. The van der Waals surface area contributed by atoms with E-state index < -0.39 is 6.09 Å². The first-order chi connectivity index (χ1) is 6.87. The average molecular weight is 249 g/mol. The number of aromatic nitrogens is 1. The predicted molar refractivity (Wildman–Crippen MR) is 60.2 cm³/mol. The Morgan fingerprint density at radius 3 is 2.80 bits per heavy atom. The zero-order valence-electron chi connectivity index (χ0n) is 8.83. The van der Waals surface area contributed by atoms with E-state index in [0.29, 0.717) is 4.47 Å². The molecule has 0 radical (unpaired) electrons. The third kappa shape index (κ3) is 4.99. The molecule has 15 heavy (non-hydrogen) atoms. The molecule has 0 aliphatic rings. The molecule has 0 aromatic carbocycles. The number of hydrogen-bond acceptors (Lipinski definition) is 4. The van der Waals surface area contributed by atoms with Gasteiger partial charge in [0.25, 0.3) is 0 Å². The maximum absolute atomic E-state index is 11.3. The lowest BCUT2D eigenvalue weighted by Gasteiger charge is -2.19. The van der Waals surface area contributed by atoms with Crippen LogP contribution in [0.1, 0.15) is 25.6 Å². The Morgan fingerprint density at radius 1 is 1.67 bits per heavy atom. The maximum atomic E-state index is 11.3. The van der Waals surface area contributed by atoms with Crippen molar-refractivity contribution < 1.29 is 9.53 Å². The van der Waals surface area contributed by atoms with Gasteiger partial charge in [0.2, 0.25) is 0 Å². The molecule has 0 fully saturated rings. The van der Waals surface area contributed by atoms with E-state index in [0.717, 1.165) is 4.88 Å². The predicted octanol–water partition coefficient (Wildman–Crippen LogP) is 2.82. The van der Waals surface area contributed by atoms with Gasteiger partial charge in [-0.3, -0.25) is 0 Å². The van der Waals surface area contributed by atoms with Gasteiger partial charge in [0.1, 0.15) is 6.61 Å². The summed E-state index contributed by atoms with van der Waals surface area (Å²) >= 11 is 6.93. The Labute approximate surface area is 97.6 Å². The Kier molecular flexibility index (Phi) is 3.93. The molecule has 6 heteroatoms. The number of hydrogen-bond donors (Lipinski definition) is 1. The number of alkyl carbamates (subject to hydrolysis) is 1. The number of halogens is 1. The van der Waals surface area contributed by atoms with E-state index in [4.69, 9.17) is 16.3 Å². The number of carbonyl (C=O) groups is 1. The van der Waals surface area contributed by atoms with Gasteiger partial charge in [-0.15, -0.1) is 11.3 Å². The van der Waals surface area contributed by atoms with Crippen LogP contribution >= 0.6 is 22.9 Å². The summed E-state index contributed by atoms with van der Waals surface area (Å²) in [6.45, 7) is 5.86. The minimum Gasteiger partial charge on any atom is -0.444 e. The molecule has 0 spiro atoms. The van der Waals surface area contributed by atoms with Crippen LogP contribution in [0.5, 0.6) is 0 Å². The highest BCUT2D eigenvalue weighted by atomic mass is 35.5. The van der Waals surface area contributed by atoms with Crippen molar-refractivity contribution in [3.05, 3.63) is 15.5 Å². The summed E-state index contributed by atoms with van der Waals surface area (Å²) in [5.41, 5.74) is -0.289. The summed E-state index contributed by atoms with van der Waals surface area (Å²) in [6.07, 6.45) is 1.16. The molecule has 1 aromatic heterocycles. The summed E-state index contributed by atoms with van der Waals surface area (Å²) in [6, 6.07) is 0. The second kappa shape index (κ2) is 4.81. The maximum Gasteiger partial charge on any atom is 0.407 e. The summed E-state index contributed by atoms with van der Waals surface area (Å²) in [5, 5.41) is 2.69. The van der Waals surface area contributed by atoms with Crippen molar-refractivity contribution in [1.29, 1.82) is 0 Å².